The van der Waals surface area contributed by atoms with Gasteiger partial charge in [0.15, 0.2) is 0 Å². The maximum Gasteiger partial charge on any atom is 0.335 e. The van der Waals surface area contributed by atoms with Crippen molar-refractivity contribution < 1.29 is 14.3 Å². The van der Waals surface area contributed by atoms with Crippen LogP contribution in [0.4, 0.5) is 4.39 Å². The quantitative estimate of drug-likeness (QED) is 0.879. The lowest BCUT2D eigenvalue weighted by Gasteiger charge is -2.03. The minimum Gasteiger partial charge on any atom is -0.478 e. The van der Waals surface area contributed by atoms with Gasteiger partial charge in [0.05, 0.1) is 5.56 Å². The fourth-order valence-corrected chi connectivity index (χ4v) is 1.65. The normalized spacial score (nSPS) is 10.2. The predicted molar refractivity (Wildman–Crippen MR) is 62.6 cm³/mol. The van der Waals surface area contributed by atoms with E-state index in [0.29, 0.717) is 6.42 Å². The minimum atomic E-state index is -0.939. The predicted octanol–water partition coefficient (Wildman–Crippen LogP) is 3.11. The Balaban J connectivity index is 2.21. The van der Waals surface area contributed by atoms with Crippen LogP contribution in [0.15, 0.2) is 48.5 Å². The summed E-state index contributed by atoms with van der Waals surface area (Å²) >= 11 is 0. The molecule has 0 amide bonds. The van der Waals surface area contributed by atoms with Gasteiger partial charge in [0, 0.05) is 0 Å². The van der Waals surface area contributed by atoms with Crippen LogP contribution < -0.4 is 0 Å². The average Bonchev–Trinajstić information content (AvgIpc) is 2.32. The Bertz CT molecular complexity index is 532. The molecule has 0 aliphatic heterocycles. The van der Waals surface area contributed by atoms with Crippen LogP contribution in [0.2, 0.25) is 0 Å². The van der Waals surface area contributed by atoms with Crippen molar-refractivity contribution in [2.45, 2.75) is 6.42 Å². The molecular formula is C14H11FO2. The number of carbonyl (C=O) groups is 1. The molecule has 3 heteroatoms. The van der Waals surface area contributed by atoms with Crippen molar-refractivity contribution in [1.29, 1.82) is 0 Å². The molecule has 0 spiro atoms. The molecule has 0 aliphatic carbocycles. The zero-order valence-electron chi connectivity index (χ0n) is 9.06. The standard InChI is InChI=1S/C14H11FO2/c15-13-6-4-10(5-7-13)8-11-2-1-3-12(9-11)14(16)17/h1-7,9H,8H2,(H,16,17). The summed E-state index contributed by atoms with van der Waals surface area (Å²) in [7, 11) is 0. The highest BCUT2D eigenvalue weighted by Gasteiger charge is 2.03. The highest BCUT2D eigenvalue weighted by molar-refractivity contribution is 5.87. The molecule has 0 unspecified atom stereocenters. The number of carboxylic acids is 1. The first kappa shape index (κ1) is 11.3. The molecule has 0 saturated carbocycles. The number of halogens is 1. The van der Waals surface area contributed by atoms with Crippen molar-refractivity contribution >= 4 is 5.97 Å². The summed E-state index contributed by atoms with van der Waals surface area (Å²) in [5, 5.41) is 8.86. The third-order valence-electron chi connectivity index (χ3n) is 2.50. The van der Waals surface area contributed by atoms with Crippen LogP contribution >= 0.6 is 0 Å². The monoisotopic (exact) mass is 230 g/mol. The van der Waals surface area contributed by atoms with Gasteiger partial charge < -0.3 is 5.11 Å². The third-order valence-corrected chi connectivity index (χ3v) is 2.50. The van der Waals surface area contributed by atoms with E-state index in [1.54, 1.807) is 30.3 Å². The van der Waals surface area contributed by atoms with Gasteiger partial charge in [-0.3, -0.25) is 0 Å². The Morgan fingerprint density at radius 2 is 1.76 bits per heavy atom. The van der Waals surface area contributed by atoms with Gasteiger partial charge in [-0.05, 0) is 41.8 Å². The molecule has 86 valence electrons. The van der Waals surface area contributed by atoms with E-state index in [2.05, 4.69) is 0 Å². The summed E-state index contributed by atoms with van der Waals surface area (Å²) in [6.45, 7) is 0. The minimum absolute atomic E-state index is 0.268. The topological polar surface area (TPSA) is 37.3 Å². The first-order valence-corrected chi connectivity index (χ1v) is 5.22. The number of rotatable bonds is 3. The zero-order valence-corrected chi connectivity index (χ0v) is 9.06. The first-order chi connectivity index (χ1) is 8.15. The Morgan fingerprint density at radius 1 is 1.06 bits per heavy atom. The number of aromatic carboxylic acids is 1. The molecule has 2 nitrogen and oxygen atoms in total. The Hall–Kier alpha value is -2.16. The van der Waals surface area contributed by atoms with Crippen molar-refractivity contribution in [3.63, 3.8) is 0 Å². The van der Waals surface area contributed by atoms with E-state index in [9.17, 15) is 9.18 Å². The van der Waals surface area contributed by atoms with Crippen LogP contribution in [0.5, 0.6) is 0 Å². The molecule has 2 aromatic rings. The third kappa shape index (κ3) is 2.91. The molecule has 0 fully saturated rings. The molecule has 2 aromatic carbocycles. The van der Waals surface area contributed by atoms with Crippen LogP contribution in [0.3, 0.4) is 0 Å². The van der Waals surface area contributed by atoms with E-state index in [-0.39, 0.29) is 11.4 Å². The molecular weight excluding hydrogens is 219 g/mol. The van der Waals surface area contributed by atoms with E-state index in [0.717, 1.165) is 11.1 Å². The average molecular weight is 230 g/mol. The lowest BCUT2D eigenvalue weighted by atomic mass is 10.0. The fourth-order valence-electron chi connectivity index (χ4n) is 1.65. The largest absolute Gasteiger partial charge is 0.478 e. The molecule has 0 radical (unpaired) electrons. The van der Waals surface area contributed by atoms with Gasteiger partial charge in [-0.15, -0.1) is 0 Å². The lowest BCUT2D eigenvalue weighted by molar-refractivity contribution is 0.0697. The van der Waals surface area contributed by atoms with Gasteiger partial charge in [-0.25, -0.2) is 9.18 Å². The highest BCUT2D eigenvalue weighted by Crippen LogP contribution is 2.12. The SMILES string of the molecule is O=C(O)c1cccc(Cc2ccc(F)cc2)c1. The number of hydrogen-bond acceptors (Lipinski definition) is 1. The van der Waals surface area contributed by atoms with Gasteiger partial charge in [0.25, 0.3) is 0 Å². The van der Waals surface area contributed by atoms with E-state index >= 15 is 0 Å². The summed E-state index contributed by atoms with van der Waals surface area (Å²) in [6, 6.07) is 12.9. The summed E-state index contributed by atoms with van der Waals surface area (Å²) in [6.07, 6.45) is 0.599. The molecule has 0 aromatic heterocycles. The molecule has 1 N–H and O–H groups in total. The smallest absolute Gasteiger partial charge is 0.335 e. The number of benzene rings is 2. The van der Waals surface area contributed by atoms with Crippen molar-refractivity contribution in [2.24, 2.45) is 0 Å². The van der Waals surface area contributed by atoms with E-state index in [1.807, 2.05) is 6.07 Å². The van der Waals surface area contributed by atoms with Crippen LogP contribution in [0.25, 0.3) is 0 Å². The summed E-state index contributed by atoms with van der Waals surface area (Å²) < 4.78 is 12.7. The maximum absolute atomic E-state index is 12.7. The van der Waals surface area contributed by atoms with Gasteiger partial charge in [0.2, 0.25) is 0 Å². The Morgan fingerprint density at radius 3 is 2.41 bits per heavy atom. The van der Waals surface area contributed by atoms with E-state index in [1.165, 1.54) is 12.1 Å². The molecule has 17 heavy (non-hydrogen) atoms. The van der Waals surface area contributed by atoms with Gasteiger partial charge >= 0.3 is 5.97 Å². The van der Waals surface area contributed by atoms with Crippen LogP contribution in [0, 0.1) is 5.82 Å². The Kier molecular flexibility index (Phi) is 3.19. The summed E-state index contributed by atoms with van der Waals surface area (Å²) in [5.41, 5.74) is 2.12. The number of carboxylic acid groups (broad SMARTS) is 1. The van der Waals surface area contributed by atoms with Crippen LogP contribution in [0.1, 0.15) is 21.5 Å². The fraction of sp³-hybridized carbons (Fsp3) is 0.0714. The van der Waals surface area contributed by atoms with E-state index in [4.69, 9.17) is 5.11 Å². The Labute approximate surface area is 98.3 Å². The van der Waals surface area contributed by atoms with Crippen molar-refractivity contribution in [1.82, 2.24) is 0 Å². The van der Waals surface area contributed by atoms with Crippen molar-refractivity contribution in [3.05, 3.63) is 71.0 Å². The molecule has 0 atom stereocenters. The molecule has 0 aliphatic rings. The van der Waals surface area contributed by atoms with Crippen molar-refractivity contribution in [2.75, 3.05) is 0 Å². The second-order valence-electron chi connectivity index (χ2n) is 3.81. The lowest BCUT2D eigenvalue weighted by Crippen LogP contribution is -1.97. The molecule has 0 bridgehead atoms. The maximum atomic E-state index is 12.7. The molecule has 0 saturated heterocycles. The van der Waals surface area contributed by atoms with Gasteiger partial charge in [-0.2, -0.15) is 0 Å². The number of hydrogen-bond donors (Lipinski definition) is 1. The zero-order chi connectivity index (χ0) is 12.3. The second kappa shape index (κ2) is 4.78. The molecule has 0 heterocycles. The van der Waals surface area contributed by atoms with Crippen molar-refractivity contribution in [3.8, 4) is 0 Å². The second-order valence-corrected chi connectivity index (χ2v) is 3.81. The van der Waals surface area contributed by atoms with Gasteiger partial charge in [0.1, 0.15) is 5.82 Å². The summed E-state index contributed by atoms with van der Waals surface area (Å²) in [5.74, 6) is -1.21. The first-order valence-electron chi connectivity index (χ1n) is 5.22. The van der Waals surface area contributed by atoms with Gasteiger partial charge in [-0.1, -0.05) is 24.3 Å². The van der Waals surface area contributed by atoms with Crippen LogP contribution in [-0.2, 0) is 6.42 Å². The highest BCUT2D eigenvalue weighted by atomic mass is 19.1. The van der Waals surface area contributed by atoms with Crippen LogP contribution in [-0.4, -0.2) is 11.1 Å². The summed E-state index contributed by atoms with van der Waals surface area (Å²) in [4.78, 5) is 10.8. The molecule has 2 rings (SSSR count). The van der Waals surface area contributed by atoms with E-state index < -0.39 is 5.97 Å².